The van der Waals surface area contributed by atoms with E-state index >= 15 is 0 Å². The van der Waals surface area contributed by atoms with E-state index in [-0.39, 0.29) is 34.1 Å². The number of amides is 2. The molecule has 0 bridgehead atoms. The van der Waals surface area contributed by atoms with Gasteiger partial charge in [0.1, 0.15) is 32.5 Å². The molecular weight excluding hydrogens is 1030 g/mol. The van der Waals surface area contributed by atoms with E-state index in [0.717, 1.165) is 48.5 Å². The Balaban J connectivity index is 3.87. The standard InChI is InChI=1S/C30H35I3N2O16/c1-12(36)45-8-19-24(31)23(29(43)34-20(9-46-13(2)37)21(49-16(5)40)10-47-14(3)38)26(33)27(25(19)32)35-30(44)28(51-18(7)42)22(50-17(6)41)11-48-15(4)39/h20-22,28H,8-11H2,1-7H3,(H,34,43)(H,35,44). The fourth-order valence-corrected chi connectivity index (χ4v) is 8.16. The molecule has 21 heteroatoms. The summed E-state index contributed by atoms with van der Waals surface area (Å²) in [6.07, 6.45) is -4.77. The van der Waals surface area contributed by atoms with Crippen molar-refractivity contribution in [3.8, 4) is 0 Å². The Morgan fingerprint density at radius 3 is 1.47 bits per heavy atom. The molecule has 0 aromatic heterocycles. The smallest absolute Gasteiger partial charge is 0.303 e. The van der Waals surface area contributed by atoms with Gasteiger partial charge in [-0.2, -0.15) is 0 Å². The summed E-state index contributed by atoms with van der Waals surface area (Å²) in [4.78, 5) is 110. The summed E-state index contributed by atoms with van der Waals surface area (Å²) in [6.45, 7) is 5.46. The molecule has 0 saturated carbocycles. The Labute approximate surface area is 332 Å². The van der Waals surface area contributed by atoms with Crippen LogP contribution in [0.2, 0.25) is 0 Å². The van der Waals surface area contributed by atoms with Crippen LogP contribution in [-0.2, 0) is 78.1 Å². The summed E-state index contributed by atoms with van der Waals surface area (Å²) >= 11 is 5.42. The second-order valence-electron chi connectivity index (χ2n) is 10.3. The number of halogens is 3. The monoisotopic (exact) mass is 1060 g/mol. The molecule has 18 nitrogen and oxygen atoms in total. The maximum Gasteiger partial charge on any atom is 0.303 e. The first-order valence-electron chi connectivity index (χ1n) is 14.5. The van der Waals surface area contributed by atoms with E-state index in [1.54, 1.807) is 22.6 Å². The van der Waals surface area contributed by atoms with Gasteiger partial charge in [0.2, 0.25) is 6.10 Å². The SMILES string of the molecule is CC(=O)OCc1c(I)c(NC(=O)C(OC(C)=O)C(COC(C)=O)OC(C)=O)c(I)c(C(=O)NC(COC(C)=O)C(COC(C)=O)OC(C)=O)c1I. The molecule has 0 heterocycles. The van der Waals surface area contributed by atoms with Crippen LogP contribution in [-0.4, -0.2) is 97.8 Å². The molecule has 1 rings (SSSR count). The number of benzene rings is 1. The maximum atomic E-state index is 14.1. The molecule has 2 amide bonds. The minimum absolute atomic E-state index is 0.0342. The van der Waals surface area contributed by atoms with Crippen molar-refractivity contribution in [2.24, 2.45) is 0 Å². The number of anilines is 1. The number of carbonyl (C=O) groups is 9. The van der Waals surface area contributed by atoms with Gasteiger partial charge in [-0.05, 0) is 67.8 Å². The Morgan fingerprint density at radius 2 is 1.00 bits per heavy atom. The lowest BCUT2D eigenvalue weighted by molar-refractivity contribution is -0.175. The molecule has 0 spiro atoms. The molecule has 282 valence electrons. The summed E-state index contributed by atoms with van der Waals surface area (Å²) in [5, 5.41) is 5.18. The highest BCUT2D eigenvalue weighted by Gasteiger charge is 2.37. The lowest BCUT2D eigenvalue weighted by atomic mass is 10.1. The Hall–Kier alpha value is -3.36. The normalized spacial score (nSPS) is 12.8. The highest BCUT2D eigenvalue weighted by molar-refractivity contribution is 14.1. The van der Waals surface area contributed by atoms with E-state index in [1.807, 2.05) is 45.2 Å². The minimum atomic E-state index is -1.86. The first-order chi connectivity index (χ1) is 23.7. The first-order valence-corrected chi connectivity index (χ1v) is 17.8. The molecule has 1 aromatic rings. The van der Waals surface area contributed by atoms with Crippen molar-refractivity contribution < 1.29 is 76.3 Å². The van der Waals surface area contributed by atoms with E-state index in [1.165, 1.54) is 0 Å². The molecule has 0 radical (unpaired) electrons. The van der Waals surface area contributed by atoms with Crippen LogP contribution in [0.5, 0.6) is 0 Å². The number of carbonyl (C=O) groups excluding carboxylic acids is 9. The van der Waals surface area contributed by atoms with Crippen molar-refractivity contribution >= 4 is 127 Å². The summed E-state index contributed by atoms with van der Waals surface area (Å²) < 4.78 is 36.4. The largest absolute Gasteiger partial charge is 0.464 e. The third-order valence-corrected chi connectivity index (χ3v) is 9.42. The summed E-state index contributed by atoms with van der Waals surface area (Å²) in [7, 11) is 0. The predicted octanol–water partition coefficient (Wildman–Crippen LogP) is 2.08. The van der Waals surface area contributed by atoms with Crippen LogP contribution in [0.25, 0.3) is 0 Å². The average molecular weight is 1060 g/mol. The van der Waals surface area contributed by atoms with Crippen LogP contribution in [0.15, 0.2) is 0 Å². The summed E-state index contributed by atoms with van der Waals surface area (Å²) in [5.74, 6) is -7.47. The van der Waals surface area contributed by atoms with E-state index in [0.29, 0.717) is 0 Å². The van der Waals surface area contributed by atoms with Gasteiger partial charge in [-0.25, -0.2) is 0 Å². The minimum Gasteiger partial charge on any atom is -0.464 e. The van der Waals surface area contributed by atoms with Gasteiger partial charge in [-0.3, -0.25) is 43.2 Å². The van der Waals surface area contributed by atoms with Gasteiger partial charge >= 0.3 is 41.8 Å². The average Bonchev–Trinajstić information content (AvgIpc) is 2.99. The molecule has 0 aliphatic heterocycles. The fraction of sp³-hybridized carbons (Fsp3) is 0.500. The van der Waals surface area contributed by atoms with Crippen LogP contribution in [0.1, 0.15) is 64.4 Å². The third kappa shape index (κ3) is 15.8. The molecule has 4 atom stereocenters. The topological polar surface area (TPSA) is 242 Å². The molecule has 0 aliphatic carbocycles. The molecule has 51 heavy (non-hydrogen) atoms. The second-order valence-corrected chi connectivity index (χ2v) is 13.5. The van der Waals surface area contributed by atoms with Gasteiger partial charge in [0.25, 0.3) is 11.8 Å². The fourth-order valence-electron chi connectivity index (χ4n) is 3.93. The Morgan fingerprint density at radius 1 is 0.549 bits per heavy atom. The first kappa shape index (κ1) is 45.7. The maximum absolute atomic E-state index is 14.1. The number of ether oxygens (including phenoxy) is 7. The van der Waals surface area contributed by atoms with Crippen LogP contribution >= 0.6 is 67.8 Å². The van der Waals surface area contributed by atoms with Gasteiger partial charge in [0.15, 0.2) is 12.2 Å². The van der Waals surface area contributed by atoms with E-state index < -0.39 is 97.8 Å². The Kier molecular flexibility index (Phi) is 19.6. The third-order valence-electron chi connectivity index (χ3n) is 5.96. The summed E-state index contributed by atoms with van der Waals surface area (Å²) in [5.41, 5.74) is 0.116. The highest BCUT2D eigenvalue weighted by Crippen LogP contribution is 2.36. The van der Waals surface area contributed by atoms with Crippen molar-refractivity contribution in [2.75, 3.05) is 25.1 Å². The number of hydrogen-bond donors (Lipinski definition) is 2. The zero-order valence-corrected chi connectivity index (χ0v) is 34.8. The van der Waals surface area contributed by atoms with Gasteiger partial charge in [-0.1, -0.05) is 0 Å². The molecule has 0 aliphatic rings. The van der Waals surface area contributed by atoms with E-state index in [9.17, 15) is 43.2 Å². The highest BCUT2D eigenvalue weighted by atomic mass is 127. The zero-order valence-electron chi connectivity index (χ0n) is 28.3. The van der Waals surface area contributed by atoms with Crippen LogP contribution in [0.3, 0.4) is 0 Å². The lowest BCUT2D eigenvalue weighted by Gasteiger charge is -2.28. The molecule has 1 aromatic carbocycles. The van der Waals surface area contributed by atoms with Crippen molar-refractivity contribution in [3.63, 3.8) is 0 Å². The van der Waals surface area contributed by atoms with Gasteiger partial charge in [-0.15, -0.1) is 0 Å². The lowest BCUT2D eigenvalue weighted by Crippen LogP contribution is -2.50. The molecule has 0 saturated heterocycles. The van der Waals surface area contributed by atoms with Crippen molar-refractivity contribution in [2.45, 2.75) is 79.4 Å². The number of nitrogens with one attached hydrogen (secondary N) is 2. The molecule has 4 unspecified atom stereocenters. The van der Waals surface area contributed by atoms with E-state index in [4.69, 9.17) is 33.2 Å². The van der Waals surface area contributed by atoms with E-state index in [2.05, 4.69) is 10.6 Å². The number of esters is 7. The quantitative estimate of drug-likeness (QED) is 0.129. The van der Waals surface area contributed by atoms with Crippen LogP contribution in [0, 0.1) is 10.7 Å². The van der Waals surface area contributed by atoms with Gasteiger partial charge in [0.05, 0.1) is 14.8 Å². The van der Waals surface area contributed by atoms with Crippen LogP contribution < -0.4 is 10.6 Å². The number of hydrogen-bond acceptors (Lipinski definition) is 16. The number of rotatable bonds is 17. The van der Waals surface area contributed by atoms with Crippen LogP contribution in [0.4, 0.5) is 5.69 Å². The summed E-state index contributed by atoms with van der Waals surface area (Å²) in [6, 6.07) is -1.27. The zero-order chi connectivity index (χ0) is 39.2. The molecule has 2 N–H and O–H groups in total. The van der Waals surface area contributed by atoms with Crippen molar-refractivity contribution in [1.29, 1.82) is 0 Å². The second kappa shape index (κ2) is 21.9. The van der Waals surface area contributed by atoms with Crippen molar-refractivity contribution in [1.82, 2.24) is 5.32 Å². The predicted molar refractivity (Wildman–Crippen MR) is 197 cm³/mol. The van der Waals surface area contributed by atoms with Gasteiger partial charge < -0.3 is 43.8 Å². The Bertz CT molecular complexity index is 1550. The molecular formula is C30H35I3N2O16. The molecule has 0 fully saturated rings. The van der Waals surface area contributed by atoms with Crippen molar-refractivity contribution in [3.05, 3.63) is 21.8 Å². The van der Waals surface area contributed by atoms with Gasteiger partial charge in [0, 0.05) is 61.2 Å².